The Hall–Kier alpha value is -3.55. The van der Waals surface area contributed by atoms with E-state index in [0.717, 1.165) is 12.7 Å². The number of carbonyl (C=O) groups is 3. The van der Waals surface area contributed by atoms with Crippen LogP contribution in [0.2, 0.25) is 0 Å². The summed E-state index contributed by atoms with van der Waals surface area (Å²) in [5.74, 6) is -2.31. The zero-order valence-electron chi connectivity index (χ0n) is 20.8. The van der Waals surface area contributed by atoms with Gasteiger partial charge in [-0.15, -0.1) is 0 Å². The minimum atomic E-state index is -3.14. The lowest BCUT2D eigenvalue weighted by Crippen LogP contribution is -2.54. The van der Waals surface area contributed by atoms with Gasteiger partial charge in [-0.25, -0.2) is 4.79 Å². The third-order valence-corrected chi connectivity index (χ3v) is 4.78. The van der Waals surface area contributed by atoms with Crippen molar-refractivity contribution in [3.8, 4) is 0 Å². The predicted octanol–water partition coefficient (Wildman–Crippen LogP) is 2.38. The minimum absolute atomic E-state index is 0.110. The molecule has 1 unspecified atom stereocenters. The van der Waals surface area contributed by atoms with Crippen molar-refractivity contribution in [2.24, 2.45) is 5.73 Å². The number of benzene rings is 2. The van der Waals surface area contributed by atoms with Crippen molar-refractivity contribution < 1.29 is 46.2 Å². The van der Waals surface area contributed by atoms with Crippen LogP contribution in [0.5, 0.6) is 0 Å². The number of rotatable bonds is 13. The number of halogens is 4. The summed E-state index contributed by atoms with van der Waals surface area (Å²) in [6.07, 6.45) is 0.262. The molecule has 0 saturated heterocycles. The summed E-state index contributed by atoms with van der Waals surface area (Å²) in [6.45, 7) is -5.29. The van der Waals surface area contributed by atoms with Gasteiger partial charge < -0.3 is 30.6 Å². The van der Waals surface area contributed by atoms with Crippen LogP contribution < -0.4 is 16.4 Å². The number of nitrogens with two attached hydrogens (primary N) is 1. The van der Waals surface area contributed by atoms with E-state index in [1.165, 1.54) is 6.92 Å². The smallest absolute Gasteiger partial charge is 0.345 e. The fourth-order valence-corrected chi connectivity index (χ4v) is 2.81. The molecule has 38 heavy (non-hydrogen) atoms. The number of amides is 2. The van der Waals surface area contributed by atoms with Gasteiger partial charge in [-0.1, -0.05) is 60.7 Å². The molecular formula is C25H31F4N3O6. The Balaban J connectivity index is 0.00000132. The van der Waals surface area contributed by atoms with E-state index < -0.39 is 55.7 Å². The fraction of sp³-hybridized carbons (Fsp3) is 0.400. The average molecular weight is 546 g/mol. The predicted molar refractivity (Wildman–Crippen MR) is 129 cm³/mol. The first-order valence-corrected chi connectivity index (χ1v) is 11.3. The monoisotopic (exact) mass is 545 g/mol. The Labute approximate surface area is 217 Å². The zero-order valence-corrected chi connectivity index (χ0v) is 20.8. The Morgan fingerprint density at radius 1 is 0.842 bits per heavy atom. The van der Waals surface area contributed by atoms with E-state index in [1.54, 1.807) is 30.3 Å². The van der Waals surface area contributed by atoms with Gasteiger partial charge in [-0.3, -0.25) is 9.59 Å². The van der Waals surface area contributed by atoms with E-state index in [9.17, 15) is 31.9 Å². The summed E-state index contributed by atoms with van der Waals surface area (Å²) in [7, 11) is 0.949. The van der Waals surface area contributed by atoms with Gasteiger partial charge in [0.15, 0.2) is 6.04 Å². The molecule has 2 rings (SSSR count). The molecule has 3 atom stereocenters. The maximum absolute atomic E-state index is 12.5. The van der Waals surface area contributed by atoms with Crippen molar-refractivity contribution in [3.63, 3.8) is 0 Å². The molecular weight excluding hydrogens is 514 g/mol. The molecule has 210 valence electrons. The Morgan fingerprint density at radius 2 is 1.37 bits per heavy atom. The van der Waals surface area contributed by atoms with Crippen molar-refractivity contribution in [2.45, 2.75) is 51.3 Å². The van der Waals surface area contributed by atoms with Crippen LogP contribution in [-0.2, 0) is 41.6 Å². The van der Waals surface area contributed by atoms with Crippen molar-refractivity contribution in [1.29, 1.82) is 0 Å². The first-order valence-electron chi connectivity index (χ1n) is 11.3. The number of ether oxygens (including phenoxy) is 3. The van der Waals surface area contributed by atoms with Gasteiger partial charge in [0.1, 0.15) is 12.6 Å². The van der Waals surface area contributed by atoms with Crippen LogP contribution in [-0.4, -0.2) is 62.8 Å². The molecule has 0 aliphatic carbocycles. The van der Waals surface area contributed by atoms with E-state index in [4.69, 9.17) is 10.5 Å². The molecule has 2 amide bonds. The van der Waals surface area contributed by atoms with Gasteiger partial charge in [-0.05, 0) is 24.5 Å². The van der Waals surface area contributed by atoms with Gasteiger partial charge >= 0.3 is 19.2 Å². The first kappa shape index (κ1) is 32.5. The van der Waals surface area contributed by atoms with Gasteiger partial charge in [0.05, 0.1) is 12.6 Å². The van der Waals surface area contributed by atoms with Crippen LogP contribution in [0.3, 0.4) is 0 Å². The Bertz CT molecular complexity index is 970. The SMILES string of the molecule is CC(NC(=O)[C@@H](N)Cc1ccccc1)C(=O)N[C@@H](COC(F)F)C(=O)OCc1ccccc1.COC(F)F. The van der Waals surface area contributed by atoms with Crippen molar-refractivity contribution in [2.75, 3.05) is 13.7 Å². The van der Waals surface area contributed by atoms with E-state index in [2.05, 4.69) is 20.1 Å². The minimum Gasteiger partial charge on any atom is -0.459 e. The number of alkyl halides is 4. The highest BCUT2D eigenvalue weighted by atomic mass is 19.3. The molecule has 0 heterocycles. The molecule has 0 spiro atoms. The second-order valence-electron chi connectivity index (χ2n) is 7.77. The lowest BCUT2D eigenvalue weighted by atomic mass is 10.1. The summed E-state index contributed by atoms with van der Waals surface area (Å²) < 4.78 is 58.8. The van der Waals surface area contributed by atoms with Crippen LogP contribution >= 0.6 is 0 Å². The van der Waals surface area contributed by atoms with Crippen molar-refractivity contribution >= 4 is 17.8 Å². The molecule has 0 fully saturated rings. The quantitative estimate of drug-likeness (QED) is 0.260. The number of hydrogen-bond donors (Lipinski definition) is 3. The molecule has 13 heteroatoms. The molecule has 0 aliphatic heterocycles. The molecule has 0 radical (unpaired) electrons. The largest absolute Gasteiger partial charge is 0.459 e. The van der Waals surface area contributed by atoms with Gasteiger partial charge in [-0.2, -0.15) is 17.6 Å². The van der Waals surface area contributed by atoms with E-state index >= 15 is 0 Å². The number of hydrogen-bond acceptors (Lipinski definition) is 7. The number of carbonyl (C=O) groups excluding carboxylic acids is 3. The lowest BCUT2D eigenvalue weighted by molar-refractivity contribution is -0.161. The van der Waals surface area contributed by atoms with Crippen molar-refractivity contribution in [3.05, 3.63) is 71.8 Å². The van der Waals surface area contributed by atoms with Crippen LogP contribution in [0.1, 0.15) is 18.1 Å². The number of methoxy groups -OCH3 is 1. The molecule has 2 aromatic rings. The highest BCUT2D eigenvalue weighted by molar-refractivity contribution is 5.91. The van der Waals surface area contributed by atoms with E-state index in [0.29, 0.717) is 5.56 Å². The summed E-state index contributed by atoms with van der Waals surface area (Å²) in [4.78, 5) is 37.2. The zero-order chi connectivity index (χ0) is 28.5. The first-order chi connectivity index (χ1) is 18.0. The standard InChI is InChI=1S/C23H27F2N3O5.C2H4F2O/c1-15(27-21(30)18(26)12-16-8-4-2-5-9-16)20(29)28-19(14-33-23(24)25)22(31)32-13-17-10-6-3-7-11-17;1-5-2(3)4/h2-11,15,18-19,23H,12-14,26H2,1H3,(H,27,30)(H,28,29);2H,1H3/t15?,18-,19-;/m0./s1. The third-order valence-electron chi connectivity index (χ3n) is 4.78. The molecule has 0 bridgehead atoms. The highest BCUT2D eigenvalue weighted by Crippen LogP contribution is 2.05. The highest BCUT2D eigenvalue weighted by Gasteiger charge is 2.28. The normalized spacial score (nSPS) is 13.1. The second kappa shape index (κ2) is 17.8. The second-order valence-corrected chi connectivity index (χ2v) is 7.77. The van der Waals surface area contributed by atoms with Gasteiger partial charge in [0.2, 0.25) is 11.8 Å². The molecule has 4 N–H and O–H groups in total. The molecule has 9 nitrogen and oxygen atoms in total. The lowest BCUT2D eigenvalue weighted by Gasteiger charge is -2.21. The Morgan fingerprint density at radius 3 is 1.87 bits per heavy atom. The molecule has 0 aliphatic rings. The summed E-state index contributed by atoms with van der Waals surface area (Å²) in [6, 6.07) is 14.3. The van der Waals surface area contributed by atoms with Crippen LogP contribution in [0.25, 0.3) is 0 Å². The summed E-state index contributed by atoms with van der Waals surface area (Å²) in [5, 5.41) is 4.72. The topological polar surface area (TPSA) is 129 Å². The Kier molecular flexibility index (Phi) is 15.2. The van der Waals surface area contributed by atoms with Crippen LogP contribution in [0.4, 0.5) is 17.6 Å². The average Bonchev–Trinajstić information content (AvgIpc) is 2.90. The molecule has 0 aromatic heterocycles. The van der Waals surface area contributed by atoms with Gasteiger partial charge in [0.25, 0.3) is 0 Å². The van der Waals surface area contributed by atoms with Crippen LogP contribution in [0, 0.1) is 0 Å². The summed E-state index contributed by atoms with van der Waals surface area (Å²) >= 11 is 0. The van der Waals surface area contributed by atoms with Crippen molar-refractivity contribution in [1.82, 2.24) is 10.6 Å². The third kappa shape index (κ3) is 13.7. The molecule has 2 aromatic carbocycles. The molecule has 0 saturated carbocycles. The maximum Gasteiger partial charge on any atom is 0.345 e. The summed E-state index contributed by atoms with van der Waals surface area (Å²) in [5.41, 5.74) is 7.43. The number of esters is 1. The van der Waals surface area contributed by atoms with E-state index in [-0.39, 0.29) is 13.0 Å². The van der Waals surface area contributed by atoms with Crippen LogP contribution in [0.15, 0.2) is 60.7 Å². The maximum atomic E-state index is 12.5. The van der Waals surface area contributed by atoms with E-state index in [1.807, 2.05) is 30.3 Å². The fourth-order valence-electron chi connectivity index (χ4n) is 2.81. The number of nitrogens with one attached hydrogen (secondary N) is 2. The van der Waals surface area contributed by atoms with Gasteiger partial charge in [0, 0.05) is 7.11 Å².